The number of aliphatic hydroxyl groups is 3. The molecule has 10 nitrogen and oxygen atoms in total. The molecule has 0 aromatic heterocycles. The van der Waals surface area contributed by atoms with Gasteiger partial charge in [-0.3, -0.25) is 9.59 Å². The van der Waals surface area contributed by atoms with E-state index in [1.165, 1.54) is 13.8 Å². The minimum Gasteiger partial charge on any atom is -0.465 e. The van der Waals surface area contributed by atoms with Crippen molar-refractivity contribution in [2.45, 2.75) is 71.6 Å². The maximum atomic E-state index is 12.3. The molecule has 0 spiro atoms. The molecule has 10 heteroatoms. The zero-order chi connectivity index (χ0) is 23.6. The Bertz CT molecular complexity index is 563. The van der Waals surface area contributed by atoms with Crippen LogP contribution in [-0.4, -0.2) is 66.8 Å². The molecule has 0 radical (unpaired) electrons. The van der Waals surface area contributed by atoms with E-state index < -0.39 is 49.2 Å². The van der Waals surface area contributed by atoms with E-state index in [4.69, 9.17) is 15.0 Å². The number of azide groups is 1. The highest BCUT2D eigenvalue weighted by Gasteiger charge is 2.39. The Morgan fingerprint density at radius 2 is 1.23 bits per heavy atom. The molecule has 1 atom stereocenters. The van der Waals surface area contributed by atoms with Crippen molar-refractivity contribution in [3.63, 3.8) is 0 Å². The van der Waals surface area contributed by atoms with Crippen molar-refractivity contribution in [1.82, 2.24) is 0 Å². The largest absolute Gasteiger partial charge is 0.465 e. The van der Waals surface area contributed by atoms with Crippen molar-refractivity contribution < 1.29 is 34.4 Å². The molecule has 0 bridgehead atoms. The van der Waals surface area contributed by atoms with Crippen LogP contribution in [0.2, 0.25) is 0 Å². The van der Waals surface area contributed by atoms with Crippen molar-refractivity contribution in [2.24, 2.45) is 15.9 Å². The standard InChI is InChI=1S/C21H39N3O7/c1-20(14-25,15-26)18(28)31-17-21(2,16-27)19(29)30-13-11-9-7-5-3-4-6-8-10-12-23-24-22/h25-27H,3-17H2,1-2H3. The average molecular weight is 446 g/mol. The molecule has 0 heterocycles. The summed E-state index contributed by atoms with van der Waals surface area (Å²) >= 11 is 0. The van der Waals surface area contributed by atoms with Gasteiger partial charge in [0.05, 0.1) is 26.4 Å². The molecule has 0 aliphatic rings. The van der Waals surface area contributed by atoms with Gasteiger partial charge in [0.25, 0.3) is 0 Å². The molecule has 0 aromatic rings. The normalized spacial score (nSPS) is 13.2. The van der Waals surface area contributed by atoms with E-state index in [9.17, 15) is 24.9 Å². The van der Waals surface area contributed by atoms with E-state index >= 15 is 0 Å². The molecule has 0 aliphatic carbocycles. The maximum absolute atomic E-state index is 12.3. The number of ether oxygens (including phenoxy) is 2. The average Bonchev–Trinajstić information content (AvgIpc) is 2.79. The minimum absolute atomic E-state index is 0.229. The molecule has 1 unspecified atom stereocenters. The van der Waals surface area contributed by atoms with Gasteiger partial charge in [0, 0.05) is 11.5 Å². The predicted molar refractivity (Wildman–Crippen MR) is 115 cm³/mol. The van der Waals surface area contributed by atoms with Crippen molar-refractivity contribution in [1.29, 1.82) is 0 Å². The summed E-state index contributed by atoms with van der Waals surface area (Å²) < 4.78 is 10.3. The molecule has 0 rings (SSSR count). The maximum Gasteiger partial charge on any atom is 0.317 e. The predicted octanol–water partition coefficient (Wildman–Crippen LogP) is 2.88. The lowest BCUT2D eigenvalue weighted by atomic mass is 9.91. The van der Waals surface area contributed by atoms with Crippen molar-refractivity contribution >= 4 is 11.9 Å². The van der Waals surface area contributed by atoms with Gasteiger partial charge in [0.1, 0.15) is 17.4 Å². The second-order valence-corrected chi connectivity index (χ2v) is 8.44. The second kappa shape index (κ2) is 16.8. The summed E-state index contributed by atoms with van der Waals surface area (Å²) in [5.74, 6) is -1.50. The van der Waals surface area contributed by atoms with E-state index in [0.717, 1.165) is 51.4 Å². The number of esters is 2. The zero-order valence-corrected chi connectivity index (χ0v) is 18.9. The molecular formula is C21H39N3O7. The van der Waals surface area contributed by atoms with Crippen LogP contribution in [0.25, 0.3) is 10.4 Å². The summed E-state index contributed by atoms with van der Waals surface area (Å²) in [7, 11) is 0. The first kappa shape index (κ1) is 29.1. The molecule has 0 aromatic carbocycles. The van der Waals surface area contributed by atoms with Crippen LogP contribution in [0.15, 0.2) is 5.11 Å². The Labute approximate surface area is 184 Å². The highest BCUT2D eigenvalue weighted by atomic mass is 16.6. The van der Waals surface area contributed by atoms with Crippen molar-refractivity contribution in [3.8, 4) is 0 Å². The van der Waals surface area contributed by atoms with Crippen LogP contribution in [0, 0.1) is 10.8 Å². The number of rotatable bonds is 19. The van der Waals surface area contributed by atoms with Gasteiger partial charge in [0.15, 0.2) is 0 Å². The van der Waals surface area contributed by atoms with Gasteiger partial charge in [-0.25, -0.2) is 0 Å². The molecule has 31 heavy (non-hydrogen) atoms. The highest BCUT2D eigenvalue weighted by Crippen LogP contribution is 2.23. The number of hydrogen-bond donors (Lipinski definition) is 3. The Kier molecular flexibility index (Phi) is 15.8. The first-order valence-corrected chi connectivity index (χ1v) is 11.0. The third-order valence-electron chi connectivity index (χ3n) is 5.25. The SMILES string of the molecule is CC(CO)(CO)C(=O)OCC(C)(CO)C(=O)OCCCCCCCCCCCN=[N+]=[N-]. The number of carbonyl (C=O) groups is 2. The molecule has 0 fully saturated rings. The van der Waals surface area contributed by atoms with E-state index in [1.54, 1.807) is 0 Å². The third-order valence-corrected chi connectivity index (χ3v) is 5.25. The van der Waals surface area contributed by atoms with E-state index in [-0.39, 0.29) is 6.61 Å². The number of aliphatic hydroxyl groups excluding tert-OH is 3. The number of carbonyl (C=O) groups excluding carboxylic acids is 2. The third kappa shape index (κ3) is 11.9. The fraction of sp³-hybridized carbons (Fsp3) is 0.905. The molecule has 0 amide bonds. The Morgan fingerprint density at radius 1 is 0.774 bits per heavy atom. The van der Waals surface area contributed by atoms with Crippen LogP contribution in [0.3, 0.4) is 0 Å². The Hall–Kier alpha value is -1.87. The molecule has 3 N–H and O–H groups in total. The van der Waals surface area contributed by atoms with Crippen molar-refractivity contribution in [3.05, 3.63) is 10.4 Å². The Morgan fingerprint density at radius 3 is 1.71 bits per heavy atom. The summed E-state index contributed by atoms with van der Waals surface area (Å²) in [6, 6.07) is 0. The molecule has 0 saturated carbocycles. The highest BCUT2D eigenvalue weighted by molar-refractivity contribution is 5.79. The van der Waals surface area contributed by atoms with Crippen LogP contribution in [0.1, 0.15) is 71.6 Å². The fourth-order valence-corrected chi connectivity index (χ4v) is 2.65. The van der Waals surface area contributed by atoms with E-state index in [1.807, 2.05) is 0 Å². The molecule has 180 valence electrons. The van der Waals surface area contributed by atoms with Gasteiger partial charge >= 0.3 is 11.9 Å². The molecular weight excluding hydrogens is 406 g/mol. The van der Waals surface area contributed by atoms with Gasteiger partial charge in [-0.2, -0.15) is 0 Å². The monoisotopic (exact) mass is 445 g/mol. The van der Waals surface area contributed by atoms with Crippen LogP contribution >= 0.6 is 0 Å². The number of hydrogen-bond acceptors (Lipinski definition) is 8. The summed E-state index contributed by atoms with van der Waals surface area (Å²) in [6.45, 7) is 1.42. The van der Waals surface area contributed by atoms with Crippen LogP contribution < -0.4 is 0 Å². The molecule has 0 saturated heterocycles. The first-order valence-electron chi connectivity index (χ1n) is 11.0. The van der Waals surface area contributed by atoms with Gasteiger partial charge in [0.2, 0.25) is 0 Å². The molecule has 0 aliphatic heterocycles. The topological polar surface area (TPSA) is 162 Å². The van der Waals surface area contributed by atoms with Crippen LogP contribution in [0.5, 0.6) is 0 Å². The lowest BCUT2D eigenvalue weighted by molar-refractivity contribution is -0.172. The van der Waals surface area contributed by atoms with Gasteiger partial charge in [-0.05, 0) is 32.2 Å². The lowest BCUT2D eigenvalue weighted by Gasteiger charge is -2.28. The lowest BCUT2D eigenvalue weighted by Crippen LogP contribution is -2.43. The van der Waals surface area contributed by atoms with E-state index in [2.05, 4.69) is 10.0 Å². The summed E-state index contributed by atoms with van der Waals surface area (Å²) in [5.41, 5.74) is 5.32. The summed E-state index contributed by atoms with van der Waals surface area (Å²) in [6.07, 6.45) is 9.26. The second-order valence-electron chi connectivity index (χ2n) is 8.44. The van der Waals surface area contributed by atoms with Crippen LogP contribution in [-0.2, 0) is 19.1 Å². The fourth-order valence-electron chi connectivity index (χ4n) is 2.65. The summed E-state index contributed by atoms with van der Waals surface area (Å²) in [5, 5.41) is 31.5. The van der Waals surface area contributed by atoms with Gasteiger partial charge in [-0.15, -0.1) is 0 Å². The zero-order valence-electron chi connectivity index (χ0n) is 18.9. The Balaban J connectivity index is 3.97. The minimum atomic E-state index is -1.47. The number of nitrogens with zero attached hydrogens (tertiary/aromatic N) is 3. The first-order chi connectivity index (χ1) is 14.8. The van der Waals surface area contributed by atoms with Crippen molar-refractivity contribution in [2.75, 3.05) is 39.6 Å². The smallest absolute Gasteiger partial charge is 0.317 e. The van der Waals surface area contributed by atoms with Crippen LogP contribution in [0.4, 0.5) is 0 Å². The van der Waals surface area contributed by atoms with Gasteiger partial charge < -0.3 is 24.8 Å². The quantitative estimate of drug-likeness (QED) is 0.0904. The summed E-state index contributed by atoms with van der Waals surface area (Å²) in [4.78, 5) is 27.0. The van der Waals surface area contributed by atoms with E-state index in [0.29, 0.717) is 13.0 Å². The van der Waals surface area contributed by atoms with Gasteiger partial charge in [-0.1, -0.05) is 50.1 Å². The number of unbranched alkanes of at least 4 members (excludes halogenated alkanes) is 8.